The standard InChI is InChI=1S/C19H19NO4/c1-2-3-8-13-16(21)14-17(24-19(13)23)12-9-4-6-11-7-5-10-20(15(11)12)18(14)22/h4,6,9,13H,2-3,5,7-8,10H2,1H3. The van der Waals surface area contributed by atoms with Gasteiger partial charge in [-0.3, -0.25) is 14.4 Å². The zero-order valence-electron chi connectivity index (χ0n) is 13.6. The number of esters is 1. The predicted molar refractivity (Wildman–Crippen MR) is 89.5 cm³/mol. The smallest absolute Gasteiger partial charge is 0.322 e. The number of hydrogen-bond acceptors (Lipinski definition) is 4. The fourth-order valence-corrected chi connectivity index (χ4v) is 3.84. The van der Waals surface area contributed by atoms with E-state index in [1.807, 2.05) is 25.1 Å². The van der Waals surface area contributed by atoms with E-state index in [4.69, 9.17) is 4.74 Å². The van der Waals surface area contributed by atoms with Crippen molar-refractivity contribution in [1.29, 1.82) is 0 Å². The Morgan fingerprint density at radius 2 is 2.08 bits per heavy atom. The fraction of sp³-hybridized carbons (Fsp3) is 0.421. The summed E-state index contributed by atoms with van der Waals surface area (Å²) in [4.78, 5) is 38.1. The van der Waals surface area contributed by atoms with Gasteiger partial charge in [-0.15, -0.1) is 0 Å². The van der Waals surface area contributed by atoms with Crippen LogP contribution in [0.4, 0.5) is 0 Å². The lowest BCUT2D eigenvalue weighted by atomic mass is 9.89. The highest BCUT2D eigenvalue weighted by Crippen LogP contribution is 2.37. The summed E-state index contributed by atoms with van der Waals surface area (Å²) < 4.78 is 7.19. The van der Waals surface area contributed by atoms with Crippen LogP contribution in [0, 0.1) is 5.92 Å². The van der Waals surface area contributed by atoms with Crippen molar-refractivity contribution in [2.45, 2.75) is 45.6 Å². The molecule has 5 heteroatoms. The van der Waals surface area contributed by atoms with E-state index in [0.717, 1.165) is 36.8 Å². The molecule has 5 nitrogen and oxygen atoms in total. The summed E-state index contributed by atoms with van der Waals surface area (Å²) in [6, 6.07) is 5.70. The molecule has 0 bridgehead atoms. The molecule has 1 atom stereocenters. The number of ketones is 1. The summed E-state index contributed by atoms with van der Waals surface area (Å²) in [6.45, 7) is 2.60. The van der Waals surface area contributed by atoms with E-state index in [0.29, 0.717) is 18.4 Å². The van der Waals surface area contributed by atoms with E-state index in [1.54, 1.807) is 4.57 Å². The molecule has 0 fully saturated rings. The van der Waals surface area contributed by atoms with Crippen molar-refractivity contribution in [2.24, 2.45) is 5.92 Å². The normalized spacial score (nSPS) is 19.3. The van der Waals surface area contributed by atoms with Gasteiger partial charge < -0.3 is 9.30 Å². The van der Waals surface area contributed by atoms with E-state index in [-0.39, 0.29) is 22.7 Å². The Hall–Kier alpha value is -2.43. The van der Waals surface area contributed by atoms with E-state index in [1.165, 1.54) is 0 Å². The highest BCUT2D eigenvalue weighted by molar-refractivity contribution is 6.16. The molecule has 0 amide bonds. The Morgan fingerprint density at radius 1 is 1.25 bits per heavy atom. The predicted octanol–water partition coefficient (Wildman–Crippen LogP) is 2.86. The SMILES string of the molecule is CCCCC1C(=O)Oc2c(c(=O)n3c4c(cccc24)CCC3)C1=O. The van der Waals surface area contributed by atoms with Gasteiger partial charge in [-0.1, -0.05) is 31.9 Å². The fourth-order valence-electron chi connectivity index (χ4n) is 3.84. The molecule has 0 radical (unpaired) electrons. The lowest BCUT2D eigenvalue weighted by Gasteiger charge is -2.27. The molecule has 0 aliphatic carbocycles. The van der Waals surface area contributed by atoms with Crippen molar-refractivity contribution in [3.8, 4) is 5.75 Å². The molecule has 3 heterocycles. The number of fused-ring (bicyclic) bond motifs is 2. The van der Waals surface area contributed by atoms with Crippen LogP contribution in [0.3, 0.4) is 0 Å². The lowest BCUT2D eigenvalue weighted by Crippen LogP contribution is -2.40. The summed E-state index contributed by atoms with van der Waals surface area (Å²) in [5, 5.41) is 0.692. The Labute approximate surface area is 139 Å². The third-order valence-electron chi connectivity index (χ3n) is 5.04. The van der Waals surface area contributed by atoms with E-state index in [9.17, 15) is 14.4 Å². The minimum Gasteiger partial charge on any atom is -0.424 e. The van der Waals surface area contributed by atoms with Crippen LogP contribution in [-0.4, -0.2) is 16.3 Å². The highest BCUT2D eigenvalue weighted by atomic mass is 16.5. The minimum atomic E-state index is -0.845. The van der Waals surface area contributed by atoms with Crippen molar-refractivity contribution < 1.29 is 14.3 Å². The summed E-state index contributed by atoms with van der Waals surface area (Å²) >= 11 is 0. The van der Waals surface area contributed by atoms with Crippen molar-refractivity contribution in [1.82, 2.24) is 4.57 Å². The molecule has 0 saturated heterocycles. The maximum absolute atomic E-state index is 12.9. The first-order valence-corrected chi connectivity index (χ1v) is 8.57. The summed E-state index contributed by atoms with van der Waals surface area (Å²) in [7, 11) is 0. The topological polar surface area (TPSA) is 65.4 Å². The number of benzene rings is 1. The van der Waals surface area contributed by atoms with Gasteiger partial charge in [-0.25, -0.2) is 0 Å². The Kier molecular flexibility index (Phi) is 3.52. The van der Waals surface area contributed by atoms with E-state index in [2.05, 4.69) is 0 Å². The first-order valence-electron chi connectivity index (χ1n) is 8.57. The third-order valence-corrected chi connectivity index (χ3v) is 5.04. The van der Waals surface area contributed by atoms with Gasteiger partial charge in [0.2, 0.25) is 0 Å². The second-order valence-corrected chi connectivity index (χ2v) is 6.56. The molecular weight excluding hydrogens is 306 g/mol. The van der Waals surface area contributed by atoms with Gasteiger partial charge in [-0.05, 0) is 30.9 Å². The number of para-hydroxylation sites is 1. The number of pyridine rings is 1. The second kappa shape index (κ2) is 5.58. The Balaban J connectivity index is 1.99. The molecule has 1 aromatic heterocycles. The molecular formula is C19H19NO4. The number of carbonyl (C=O) groups is 2. The number of Topliss-reactive ketones (excluding diaryl/α,β-unsaturated/α-hetero) is 1. The molecule has 2 aliphatic heterocycles. The Morgan fingerprint density at radius 3 is 2.88 bits per heavy atom. The molecule has 2 aliphatic rings. The van der Waals surface area contributed by atoms with Crippen LogP contribution >= 0.6 is 0 Å². The molecule has 24 heavy (non-hydrogen) atoms. The van der Waals surface area contributed by atoms with Gasteiger partial charge >= 0.3 is 5.97 Å². The first-order chi connectivity index (χ1) is 11.6. The van der Waals surface area contributed by atoms with Gasteiger partial charge in [0.05, 0.1) is 5.52 Å². The van der Waals surface area contributed by atoms with Crippen molar-refractivity contribution in [3.05, 3.63) is 39.7 Å². The van der Waals surface area contributed by atoms with E-state index < -0.39 is 11.9 Å². The van der Waals surface area contributed by atoms with Crippen LogP contribution in [-0.2, 0) is 17.8 Å². The quantitative estimate of drug-likeness (QED) is 0.643. The third kappa shape index (κ3) is 2.04. The minimum absolute atomic E-state index is 0.0576. The molecule has 1 aromatic carbocycles. The first kappa shape index (κ1) is 15.1. The zero-order valence-corrected chi connectivity index (χ0v) is 13.6. The second-order valence-electron chi connectivity index (χ2n) is 6.56. The molecule has 124 valence electrons. The molecule has 0 spiro atoms. The number of ether oxygens (including phenoxy) is 1. The Bertz CT molecular complexity index is 925. The highest BCUT2D eigenvalue weighted by Gasteiger charge is 2.40. The number of aromatic nitrogens is 1. The lowest BCUT2D eigenvalue weighted by molar-refractivity contribution is -0.138. The monoisotopic (exact) mass is 325 g/mol. The average molecular weight is 325 g/mol. The summed E-state index contributed by atoms with van der Waals surface area (Å²) in [5.74, 6) is -1.58. The van der Waals surface area contributed by atoms with Crippen LogP contribution in [0.1, 0.15) is 48.5 Å². The summed E-state index contributed by atoms with van der Waals surface area (Å²) in [5.41, 5.74) is 1.61. The van der Waals surface area contributed by atoms with Crippen LogP contribution in [0.5, 0.6) is 5.75 Å². The molecule has 0 saturated carbocycles. The van der Waals surface area contributed by atoms with Gasteiger partial charge in [-0.2, -0.15) is 0 Å². The largest absolute Gasteiger partial charge is 0.424 e. The maximum atomic E-state index is 12.9. The maximum Gasteiger partial charge on any atom is 0.322 e. The molecule has 2 aromatic rings. The van der Waals surface area contributed by atoms with E-state index >= 15 is 0 Å². The van der Waals surface area contributed by atoms with Crippen LogP contribution in [0.2, 0.25) is 0 Å². The van der Waals surface area contributed by atoms with Gasteiger partial charge in [0.25, 0.3) is 5.56 Å². The van der Waals surface area contributed by atoms with Crippen LogP contribution < -0.4 is 10.3 Å². The number of rotatable bonds is 3. The number of nitrogens with zero attached hydrogens (tertiary/aromatic N) is 1. The van der Waals surface area contributed by atoms with Gasteiger partial charge in [0.15, 0.2) is 11.5 Å². The number of hydrogen-bond donors (Lipinski definition) is 0. The average Bonchev–Trinajstić information content (AvgIpc) is 2.59. The van der Waals surface area contributed by atoms with Crippen LogP contribution in [0.15, 0.2) is 23.0 Å². The van der Waals surface area contributed by atoms with Gasteiger partial charge in [0.1, 0.15) is 11.5 Å². The molecule has 4 rings (SSSR count). The number of aryl methyl sites for hydroxylation is 2. The number of unbranched alkanes of at least 4 members (excludes halogenated alkanes) is 1. The van der Waals surface area contributed by atoms with Crippen LogP contribution in [0.25, 0.3) is 10.9 Å². The molecule has 0 N–H and O–H groups in total. The van der Waals surface area contributed by atoms with Crippen molar-refractivity contribution in [2.75, 3.05) is 0 Å². The number of carbonyl (C=O) groups excluding carboxylic acids is 2. The zero-order chi connectivity index (χ0) is 16.8. The molecule has 1 unspecified atom stereocenters. The van der Waals surface area contributed by atoms with Crippen molar-refractivity contribution >= 4 is 22.7 Å². The van der Waals surface area contributed by atoms with Crippen molar-refractivity contribution in [3.63, 3.8) is 0 Å². The summed E-state index contributed by atoms with van der Waals surface area (Å²) in [6.07, 6.45) is 3.84. The van der Waals surface area contributed by atoms with Gasteiger partial charge in [0, 0.05) is 11.9 Å².